The summed E-state index contributed by atoms with van der Waals surface area (Å²) in [5.74, 6) is -0.160. The van der Waals surface area contributed by atoms with Crippen LogP contribution in [0, 0.1) is 0 Å². The summed E-state index contributed by atoms with van der Waals surface area (Å²) in [5, 5.41) is 11.8. The van der Waals surface area contributed by atoms with E-state index in [1.807, 2.05) is 19.1 Å². The first kappa shape index (κ1) is 15.4. The topological polar surface area (TPSA) is 92.0 Å². The lowest BCUT2D eigenvalue weighted by molar-refractivity contribution is -0.154. The molecule has 2 heterocycles. The average Bonchev–Trinajstić information content (AvgIpc) is 2.98. The monoisotopic (exact) mass is 296 g/mol. The Hall–Kier alpha value is -2.02. The largest absolute Gasteiger partial charge is 0.479 e. The summed E-state index contributed by atoms with van der Waals surface area (Å²) >= 11 is 0. The first-order valence-electron chi connectivity index (χ1n) is 6.98. The van der Waals surface area contributed by atoms with Gasteiger partial charge in [0.15, 0.2) is 6.10 Å². The maximum Gasteiger partial charge on any atom is 0.334 e. The molecule has 1 aromatic heterocycles. The Labute approximate surface area is 122 Å². The minimum absolute atomic E-state index is 0.0197. The van der Waals surface area contributed by atoms with E-state index in [-0.39, 0.29) is 25.2 Å². The van der Waals surface area contributed by atoms with Crippen molar-refractivity contribution in [1.29, 1.82) is 0 Å². The molecule has 0 bridgehead atoms. The number of aryl methyl sites for hydroxylation is 1. The van der Waals surface area contributed by atoms with Crippen LogP contribution in [0.5, 0.6) is 0 Å². The zero-order chi connectivity index (χ0) is 15.2. The van der Waals surface area contributed by atoms with Crippen molar-refractivity contribution in [3.63, 3.8) is 0 Å². The third kappa shape index (κ3) is 4.49. The van der Waals surface area contributed by atoms with Crippen LogP contribution in [0.15, 0.2) is 22.8 Å². The number of nitrogens with zero attached hydrogens (tertiary/aromatic N) is 1. The highest BCUT2D eigenvalue weighted by molar-refractivity contribution is 5.77. The summed E-state index contributed by atoms with van der Waals surface area (Å²) in [6.45, 7) is 2.63. The molecule has 1 aliphatic heterocycles. The van der Waals surface area contributed by atoms with Crippen LogP contribution < -0.4 is 5.32 Å². The number of nitrogens with one attached hydrogen (secondary N) is 1. The molecule has 7 heteroatoms. The number of aliphatic carboxylic acids is 1. The molecule has 0 aromatic carbocycles. The van der Waals surface area contributed by atoms with Crippen molar-refractivity contribution in [2.24, 2.45) is 0 Å². The summed E-state index contributed by atoms with van der Waals surface area (Å²) in [5.41, 5.74) is 0. The van der Waals surface area contributed by atoms with Crippen molar-refractivity contribution in [1.82, 2.24) is 10.2 Å². The standard InChI is InChI=1S/C14H20N2O5/c1-10(4-5-11-3-2-7-20-11)15-14(19)16-6-8-21-12(9-16)13(17)18/h2-3,7,10,12H,4-6,8-9H2,1H3,(H,15,19)(H,17,18). The van der Waals surface area contributed by atoms with Gasteiger partial charge >= 0.3 is 12.0 Å². The minimum atomic E-state index is -1.04. The van der Waals surface area contributed by atoms with Crippen LogP contribution in [0.3, 0.4) is 0 Å². The number of urea groups is 1. The van der Waals surface area contributed by atoms with E-state index < -0.39 is 12.1 Å². The average molecular weight is 296 g/mol. The molecule has 0 saturated carbocycles. The molecule has 1 aliphatic rings. The van der Waals surface area contributed by atoms with Crippen molar-refractivity contribution in [2.45, 2.75) is 31.9 Å². The van der Waals surface area contributed by atoms with E-state index >= 15 is 0 Å². The summed E-state index contributed by atoms with van der Waals surface area (Å²) in [7, 11) is 0. The molecule has 116 valence electrons. The lowest BCUT2D eigenvalue weighted by Gasteiger charge is -2.31. The summed E-state index contributed by atoms with van der Waals surface area (Å²) in [4.78, 5) is 24.4. The number of furan rings is 1. The number of carbonyl (C=O) groups excluding carboxylic acids is 1. The van der Waals surface area contributed by atoms with Gasteiger partial charge in [-0.05, 0) is 25.5 Å². The fourth-order valence-electron chi connectivity index (χ4n) is 2.17. The quantitative estimate of drug-likeness (QED) is 0.848. The molecule has 1 fully saturated rings. The lowest BCUT2D eigenvalue weighted by atomic mass is 10.1. The first-order chi connectivity index (χ1) is 10.1. The highest BCUT2D eigenvalue weighted by atomic mass is 16.5. The van der Waals surface area contributed by atoms with Gasteiger partial charge in [-0.3, -0.25) is 0 Å². The van der Waals surface area contributed by atoms with E-state index in [0.29, 0.717) is 6.54 Å². The van der Waals surface area contributed by atoms with Crippen LogP contribution in [0.1, 0.15) is 19.1 Å². The summed E-state index contributed by atoms with van der Waals surface area (Å²) < 4.78 is 10.3. The maximum absolute atomic E-state index is 12.1. The van der Waals surface area contributed by atoms with Crippen LogP contribution in [0.4, 0.5) is 4.79 Å². The Balaban J connectivity index is 1.76. The fourth-order valence-corrected chi connectivity index (χ4v) is 2.17. The molecule has 2 amide bonds. The van der Waals surface area contributed by atoms with Gasteiger partial charge in [-0.25, -0.2) is 9.59 Å². The second-order valence-electron chi connectivity index (χ2n) is 5.11. The number of carboxylic acid groups (broad SMARTS) is 1. The summed E-state index contributed by atoms with van der Waals surface area (Å²) in [6, 6.07) is 3.46. The molecule has 7 nitrogen and oxygen atoms in total. The maximum atomic E-state index is 12.1. The van der Waals surface area contributed by atoms with Crippen molar-refractivity contribution in [3.8, 4) is 0 Å². The van der Waals surface area contributed by atoms with E-state index in [1.54, 1.807) is 6.26 Å². The number of carboxylic acids is 1. The molecular weight excluding hydrogens is 276 g/mol. The van der Waals surface area contributed by atoms with E-state index in [2.05, 4.69) is 5.32 Å². The Morgan fingerprint density at radius 2 is 2.38 bits per heavy atom. The zero-order valence-electron chi connectivity index (χ0n) is 11.9. The van der Waals surface area contributed by atoms with E-state index in [0.717, 1.165) is 18.6 Å². The van der Waals surface area contributed by atoms with E-state index in [4.69, 9.17) is 14.3 Å². The van der Waals surface area contributed by atoms with Gasteiger partial charge < -0.3 is 24.5 Å². The van der Waals surface area contributed by atoms with Crippen molar-refractivity contribution in [2.75, 3.05) is 19.7 Å². The van der Waals surface area contributed by atoms with Crippen molar-refractivity contribution < 1.29 is 23.8 Å². The van der Waals surface area contributed by atoms with Crippen molar-refractivity contribution in [3.05, 3.63) is 24.2 Å². The van der Waals surface area contributed by atoms with E-state index in [9.17, 15) is 9.59 Å². The Morgan fingerprint density at radius 3 is 3.05 bits per heavy atom. The molecule has 1 aromatic rings. The van der Waals surface area contributed by atoms with Crippen LogP contribution in [0.2, 0.25) is 0 Å². The van der Waals surface area contributed by atoms with Crippen LogP contribution >= 0.6 is 0 Å². The van der Waals surface area contributed by atoms with Gasteiger partial charge in [0.2, 0.25) is 0 Å². The smallest absolute Gasteiger partial charge is 0.334 e. The van der Waals surface area contributed by atoms with Gasteiger partial charge in [-0.1, -0.05) is 0 Å². The van der Waals surface area contributed by atoms with Gasteiger partial charge in [0.25, 0.3) is 0 Å². The second kappa shape index (κ2) is 7.12. The first-order valence-corrected chi connectivity index (χ1v) is 6.98. The highest BCUT2D eigenvalue weighted by Crippen LogP contribution is 2.08. The molecule has 2 unspecified atom stereocenters. The van der Waals surface area contributed by atoms with Crippen molar-refractivity contribution >= 4 is 12.0 Å². The van der Waals surface area contributed by atoms with Gasteiger partial charge in [0.1, 0.15) is 5.76 Å². The Kier molecular flexibility index (Phi) is 5.21. The molecule has 2 atom stereocenters. The number of rotatable bonds is 5. The molecule has 0 spiro atoms. The third-order valence-corrected chi connectivity index (χ3v) is 3.40. The molecule has 0 aliphatic carbocycles. The van der Waals surface area contributed by atoms with Gasteiger partial charge in [-0.2, -0.15) is 0 Å². The minimum Gasteiger partial charge on any atom is -0.479 e. The molecular formula is C14H20N2O5. The normalized spacial score (nSPS) is 20.0. The van der Waals surface area contributed by atoms with Gasteiger partial charge in [-0.15, -0.1) is 0 Å². The number of hydrogen-bond donors (Lipinski definition) is 2. The third-order valence-electron chi connectivity index (χ3n) is 3.40. The number of ether oxygens (including phenoxy) is 1. The van der Waals surface area contributed by atoms with Crippen LogP contribution in [0.25, 0.3) is 0 Å². The van der Waals surface area contributed by atoms with Gasteiger partial charge in [0.05, 0.1) is 19.4 Å². The summed E-state index contributed by atoms with van der Waals surface area (Å²) in [6.07, 6.45) is 2.18. The predicted molar refractivity (Wildman–Crippen MR) is 74.0 cm³/mol. The molecule has 1 saturated heterocycles. The molecule has 2 rings (SSSR count). The van der Waals surface area contributed by atoms with Crippen LogP contribution in [-0.4, -0.2) is 53.8 Å². The van der Waals surface area contributed by atoms with Gasteiger partial charge in [0, 0.05) is 19.0 Å². The molecule has 2 N–H and O–H groups in total. The number of carbonyl (C=O) groups is 2. The Bertz CT molecular complexity index is 474. The highest BCUT2D eigenvalue weighted by Gasteiger charge is 2.29. The SMILES string of the molecule is CC(CCc1ccco1)NC(=O)N1CCOC(C(=O)O)C1. The number of morpholine rings is 1. The lowest BCUT2D eigenvalue weighted by Crippen LogP contribution is -2.53. The number of amides is 2. The Morgan fingerprint density at radius 1 is 1.57 bits per heavy atom. The fraction of sp³-hybridized carbons (Fsp3) is 0.571. The van der Waals surface area contributed by atoms with Crippen LogP contribution in [-0.2, 0) is 16.0 Å². The zero-order valence-corrected chi connectivity index (χ0v) is 11.9. The predicted octanol–water partition coefficient (Wildman–Crippen LogP) is 1.10. The molecule has 21 heavy (non-hydrogen) atoms. The number of hydrogen-bond acceptors (Lipinski definition) is 4. The second-order valence-corrected chi connectivity index (χ2v) is 5.11. The molecule has 0 radical (unpaired) electrons. The van der Waals surface area contributed by atoms with E-state index in [1.165, 1.54) is 4.90 Å².